The van der Waals surface area contributed by atoms with Crippen molar-refractivity contribution in [2.75, 3.05) is 18.5 Å². The van der Waals surface area contributed by atoms with E-state index in [1.165, 1.54) is 17.3 Å². The molecule has 0 spiro atoms. The highest BCUT2D eigenvalue weighted by molar-refractivity contribution is 8.26. The van der Waals surface area contributed by atoms with Gasteiger partial charge in [-0.15, -0.1) is 0 Å². The first kappa shape index (κ1) is 24.7. The van der Waals surface area contributed by atoms with E-state index in [4.69, 9.17) is 17.0 Å². The molecule has 2 aromatic carbocycles. The summed E-state index contributed by atoms with van der Waals surface area (Å²) in [5.74, 6) is -0.693. The lowest BCUT2D eigenvalue weighted by Gasteiger charge is -2.14. The quantitative estimate of drug-likeness (QED) is 0.306. The molecule has 0 bridgehead atoms. The fraction of sp³-hybridized carbons (Fsp3) is 0.280. The van der Waals surface area contributed by atoms with Gasteiger partial charge in [0.1, 0.15) is 4.32 Å². The Kier molecular flexibility index (Phi) is 8.79. The smallest absolute Gasteiger partial charge is 0.338 e. The third-order valence-corrected chi connectivity index (χ3v) is 6.40. The molecule has 0 aliphatic carbocycles. The molecule has 1 heterocycles. The number of carbonyl (C=O) groups is 3. The molecule has 1 N–H and O–H groups in total. The summed E-state index contributed by atoms with van der Waals surface area (Å²) in [6, 6.07) is 14.6. The zero-order valence-electron chi connectivity index (χ0n) is 18.6. The summed E-state index contributed by atoms with van der Waals surface area (Å²) < 4.78 is 5.45. The first-order chi connectivity index (χ1) is 15.9. The molecule has 0 aromatic heterocycles. The standard InChI is InChI=1S/C25H26N2O4S2/c1-3-17-7-9-18(10-8-17)16-21-23(29)27(25(32)33-21)15-5-6-22(28)26-20-13-11-19(12-14-20)24(30)31-4-2/h7-14,16H,3-6,15H2,1-2H3,(H,26,28)/b21-16-. The van der Waals surface area contributed by atoms with E-state index in [0.29, 0.717) is 40.0 Å². The Bertz CT molecular complexity index is 1060. The van der Waals surface area contributed by atoms with Gasteiger partial charge in [-0.25, -0.2) is 4.79 Å². The number of anilines is 1. The molecule has 2 amide bonds. The molecule has 1 aliphatic heterocycles. The first-order valence-electron chi connectivity index (χ1n) is 10.8. The van der Waals surface area contributed by atoms with Gasteiger partial charge in [0.2, 0.25) is 5.91 Å². The lowest BCUT2D eigenvalue weighted by molar-refractivity contribution is -0.122. The van der Waals surface area contributed by atoms with Crippen LogP contribution in [-0.4, -0.2) is 40.2 Å². The van der Waals surface area contributed by atoms with E-state index in [1.807, 2.05) is 18.2 Å². The predicted molar refractivity (Wildman–Crippen MR) is 136 cm³/mol. The summed E-state index contributed by atoms with van der Waals surface area (Å²) in [7, 11) is 0. The average molecular weight is 483 g/mol. The monoisotopic (exact) mass is 482 g/mol. The van der Waals surface area contributed by atoms with Crippen LogP contribution >= 0.6 is 24.0 Å². The Morgan fingerprint density at radius 3 is 2.42 bits per heavy atom. The fourth-order valence-corrected chi connectivity index (χ4v) is 4.53. The maximum absolute atomic E-state index is 12.8. The van der Waals surface area contributed by atoms with Crippen LogP contribution in [0.3, 0.4) is 0 Å². The third kappa shape index (κ3) is 6.76. The van der Waals surface area contributed by atoms with Crippen LogP contribution in [0.25, 0.3) is 6.08 Å². The second-order valence-electron chi connectivity index (χ2n) is 7.38. The van der Waals surface area contributed by atoms with Crippen molar-refractivity contribution in [1.82, 2.24) is 4.90 Å². The van der Waals surface area contributed by atoms with Crippen molar-refractivity contribution in [2.45, 2.75) is 33.1 Å². The van der Waals surface area contributed by atoms with Gasteiger partial charge in [0.25, 0.3) is 5.91 Å². The predicted octanol–water partition coefficient (Wildman–Crippen LogP) is 5.05. The Labute approximate surface area is 203 Å². The average Bonchev–Trinajstić information content (AvgIpc) is 3.07. The van der Waals surface area contributed by atoms with Crippen LogP contribution in [-0.2, 0) is 20.7 Å². The number of ether oxygens (including phenoxy) is 1. The number of esters is 1. The van der Waals surface area contributed by atoms with E-state index in [2.05, 4.69) is 24.4 Å². The van der Waals surface area contributed by atoms with Gasteiger partial charge in [0.15, 0.2) is 0 Å². The Hall–Kier alpha value is -2.97. The second-order valence-corrected chi connectivity index (χ2v) is 9.05. The summed E-state index contributed by atoms with van der Waals surface area (Å²) in [6.07, 6.45) is 3.55. The molecule has 6 nitrogen and oxygen atoms in total. The van der Waals surface area contributed by atoms with Crippen molar-refractivity contribution in [3.8, 4) is 0 Å². The van der Waals surface area contributed by atoms with Crippen molar-refractivity contribution in [3.05, 3.63) is 70.1 Å². The number of benzene rings is 2. The van der Waals surface area contributed by atoms with Crippen LogP contribution in [0, 0.1) is 0 Å². The summed E-state index contributed by atoms with van der Waals surface area (Å²) in [4.78, 5) is 38.9. The number of thiocarbonyl (C=S) groups is 1. The summed E-state index contributed by atoms with van der Waals surface area (Å²) in [5.41, 5.74) is 3.23. The van der Waals surface area contributed by atoms with E-state index in [-0.39, 0.29) is 18.2 Å². The molecule has 3 rings (SSSR count). The molecule has 0 unspecified atom stereocenters. The minimum absolute atomic E-state index is 0.125. The maximum atomic E-state index is 12.8. The van der Waals surface area contributed by atoms with Gasteiger partial charge in [-0.3, -0.25) is 14.5 Å². The largest absolute Gasteiger partial charge is 0.462 e. The van der Waals surface area contributed by atoms with Crippen LogP contribution < -0.4 is 5.32 Å². The molecule has 172 valence electrons. The Balaban J connectivity index is 1.49. The Morgan fingerprint density at radius 1 is 1.09 bits per heavy atom. The number of hydrogen-bond donors (Lipinski definition) is 1. The minimum Gasteiger partial charge on any atom is -0.462 e. The molecule has 2 aromatic rings. The normalized spacial score (nSPS) is 14.6. The van der Waals surface area contributed by atoms with Gasteiger partial charge in [-0.05, 0) is 61.2 Å². The zero-order chi connectivity index (χ0) is 23.8. The highest BCUT2D eigenvalue weighted by Gasteiger charge is 2.31. The molecule has 33 heavy (non-hydrogen) atoms. The molecular weight excluding hydrogens is 456 g/mol. The molecular formula is C25H26N2O4S2. The van der Waals surface area contributed by atoms with E-state index in [0.717, 1.165) is 12.0 Å². The van der Waals surface area contributed by atoms with Crippen molar-refractivity contribution in [2.24, 2.45) is 0 Å². The maximum Gasteiger partial charge on any atom is 0.338 e. The number of nitrogens with one attached hydrogen (secondary N) is 1. The van der Waals surface area contributed by atoms with Gasteiger partial charge in [0, 0.05) is 18.7 Å². The van der Waals surface area contributed by atoms with Gasteiger partial charge < -0.3 is 10.1 Å². The van der Waals surface area contributed by atoms with E-state index in [1.54, 1.807) is 36.1 Å². The van der Waals surface area contributed by atoms with Crippen molar-refractivity contribution in [1.29, 1.82) is 0 Å². The van der Waals surface area contributed by atoms with Gasteiger partial charge in [-0.1, -0.05) is 55.2 Å². The van der Waals surface area contributed by atoms with Gasteiger partial charge in [0.05, 0.1) is 17.1 Å². The third-order valence-electron chi connectivity index (χ3n) is 5.02. The summed E-state index contributed by atoms with van der Waals surface area (Å²) >= 11 is 6.66. The number of thioether (sulfide) groups is 1. The molecule has 8 heteroatoms. The van der Waals surface area contributed by atoms with Crippen molar-refractivity contribution >= 4 is 57.8 Å². The van der Waals surface area contributed by atoms with E-state index >= 15 is 0 Å². The van der Waals surface area contributed by atoms with Crippen LogP contribution in [0.4, 0.5) is 5.69 Å². The number of carbonyl (C=O) groups excluding carboxylic acids is 3. The molecule has 1 saturated heterocycles. The number of rotatable bonds is 9. The first-order valence-corrected chi connectivity index (χ1v) is 12.0. The topological polar surface area (TPSA) is 75.7 Å². The molecule has 1 fully saturated rings. The molecule has 0 radical (unpaired) electrons. The van der Waals surface area contributed by atoms with E-state index in [9.17, 15) is 14.4 Å². The van der Waals surface area contributed by atoms with Gasteiger partial charge >= 0.3 is 5.97 Å². The fourth-order valence-electron chi connectivity index (χ4n) is 3.22. The number of hydrogen-bond acceptors (Lipinski definition) is 6. The Morgan fingerprint density at radius 2 is 1.79 bits per heavy atom. The van der Waals surface area contributed by atoms with Crippen molar-refractivity contribution < 1.29 is 19.1 Å². The number of aryl methyl sites for hydroxylation is 1. The SMILES string of the molecule is CCOC(=O)c1ccc(NC(=O)CCCN2C(=O)/C(=C/c3ccc(CC)cc3)SC2=S)cc1. The number of nitrogens with zero attached hydrogens (tertiary/aromatic N) is 1. The van der Waals surface area contributed by atoms with Crippen LogP contribution in [0.15, 0.2) is 53.4 Å². The molecule has 0 saturated carbocycles. The summed E-state index contributed by atoms with van der Waals surface area (Å²) in [5, 5.41) is 2.79. The zero-order valence-corrected chi connectivity index (χ0v) is 20.3. The molecule has 0 atom stereocenters. The van der Waals surface area contributed by atoms with Gasteiger partial charge in [-0.2, -0.15) is 0 Å². The van der Waals surface area contributed by atoms with E-state index < -0.39 is 5.97 Å². The highest BCUT2D eigenvalue weighted by Crippen LogP contribution is 2.32. The highest BCUT2D eigenvalue weighted by atomic mass is 32.2. The van der Waals surface area contributed by atoms with Crippen molar-refractivity contribution in [3.63, 3.8) is 0 Å². The lowest BCUT2D eigenvalue weighted by atomic mass is 10.1. The molecule has 1 aliphatic rings. The minimum atomic E-state index is -0.397. The summed E-state index contributed by atoms with van der Waals surface area (Å²) in [6.45, 7) is 4.53. The lowest BCUT2D eigenvalue weighted by Crippen LogP contribution is -2.29. The number of amides is 2. The van der Waals surface area contributed by atoms with Crippen LogP contribution in [0.2, 0.25) is 0 Å². The van der Waals surface area contributed by atoms with Crippen LogP contribution in [0.5, 0.6) is 0 Å². The second kappa shape index (κ2) is 11.8. The van der Waals surface area contributed by atoms with Crippen LogP contribution in [0.1, 0.15) is 48.2 Å².